The molecule has 8 nitrogen and oxygen atoms in total. The summed E-state index contributed by atoms with van der Waals surface area (Å²) in [5.74, 6) is 1.25. The molecule has 0 aromatic heterocycles. The molecule has 4 rings (SSSR count). The molecule has 0 aliphatic carbocycles. The molecule has 0 N–H and O–H groups in total. The van der Waals surface area contributed by atoms with Crippen molar-refractivity contribution in [2.24, 2.45) is 20.5 Å². The van der Waals surface area contributed by atoms with Gasteiger partial charge in [-0.25, -0.2) is 0 Å². The van der Waals surface area contributed by atoms with E-state index in [2.05, 4.69) is 20.5 Å². The van der Waals surface area contributed by atoms with E-state index in [1.165, 1.54) is 0 Å². The van der Waals surface area contributed by atoms with Gasteiger partial charge in [0.15, 0.2) is 0 Å². The molecule has 0 saturated heterocycles. The van der Waals surface area contributed by atoms with Crippen molar-refractivity contribution >= 4 is 34.1 Å². The fourth-order valence-electron chi connectivity index (χ4n) is 3.74. The molecule has 0 radical (unpaired) electrons. The molecule has 0 fully saturated rings. The normalized spacial score (nSPS) is 11.2. The molecule has 0 amide bonds. The van der Waals surface area contributed by atoms with Crippen LogP contribution in [0.2, 0.25) is 0 Å². The predicted molar refractivity (Wildman–Crippen MR) is 155 cm³/mol. The Morgan fingerprint density at radius 2 is 0.842 bits per heavy atom. The van der Waals surface area contributed by atoms with Gasteiger partial charge in [0, 0.05) is 39.6 Å². The third-order valence-electron chi connectivity index (χ3n) is 5.97. The second-order valence-electron chi connectivity index (χ2n) is 8.99. The first-order valence-electron chi connectivity index (χ1n) is 12.1. The summed E-state index contributed by atoms with van der Waals surface area (Å²) in [5, 5.41) is 17.5. The Labute approximate surface area is 223 Å². The van der Waals surface area contributed by atoms with Gasteiger partial charge in [-0.3, -0.25) is 0 Å². The van der Waals surface area contributed by atoms with Crippen LogP contribution in [0.15, 0.2) is 105 Å². The van der Waals surface area contributed by atoms with Crippen molar-refractivity contribution in [3.05, 3.63) is 84.9 Å². The fraction of sp³-hybridized carbons (Fsp3) is 0.200. The number of hydrogen-bond acceptors (Lipinski definition) is 8. The van der Waals surface area contributed by atoms with Gasteiger partial charge in [0.2, 0.25) is 0 Å². The van der Waals surface area contributed by atoms with E-state index in [9.17, 15) is 0 Å². The third kappa shape index (κ3) is 6.34. The molecule has 0 aliphatic heterocycles. The highest BCUT2D eigenvalue weighted by Gasteiger charge is 2.10. The molecule has 0 atom stereocenters. The molecule has 38 heavy (non-hydrogen) atoms. The zero-order valence-electron chi connectivity index (χ0n) is 22.6. The van der Waals surface area contributed by atoms with E-state index in [1.54, 1.807) is 14.2 Å². The summed E-state index contributed by atoms with van der Waals surface area (Å²) in [6.07, 6.45) is 0. The average Bonchev–Trinajstić information content (AvgIpc) is 2.95. The van der Waals surface area contributed by atoms with E-state index < -0.39 is 0 Å². The zero-order chi connectivity index (χ0) is 27.1. The van der Waals surface area contributed by atoms with Crippen LogP contribution in [-0.2, 0) is 0 Å². The number of azo groups is 2. The van der Waals surface area contributed by atoms with E-state index in [-0.39, 0.29) is 0 Å². The van der Waals surface area contributed by atoms with Crippen molar-refractivity contribution in [3.8, 4) is 22.6 Å². The molecular weight excluding hydrogens is 476 g/mol. The van der Waals surface area contributed by atoms with Crippen molar-refractivity contribution in [3.63, 3.8) is 0 Å². The third-order valence-corrected chi connectivity index (χ3v) is 5.97. The molecule has 4 aromatic rings. The summed E-state index contributed by atoms with van der Waals surface area (Å²) >= 11 is 0. The van der Waals surface area contributed by atoms with Gasteiger partial charge in [0.25, 0.3) is 0 Å². The van der Waals surface area contributed by atoms with Crippen LogP contribution in [0.25, 0.3) is 11.1 Å². The largest absolute Gasteiger partial charge is 0.494 e. The molecule has 0 aliphatic rings. The summed E-state index contributed by atoms with van der Waals surface area (Å²) < 4.78 is 11.2. The number of hydrogen-bond donors (Lipinski definition) is 0. The van der Waals surface area contributed by atoms with Crippen molar-refractivity contribution in [1.82, 2.24) is 0 Å². The second-order valence-corrected chi connectivity index (χ2v) is 8.99. The van der Waals surface area contributed by atoms with Crippen molar-refractivity contribution < 1.29 is 9.47 Å². The standard InChI is InChI=1S/C30H32N6O2/c1-35(2)25-13-9-23(10-14-25)31-33-27-17-7-21(19-29(27)37-5)22-8-18-28(30(20-22)38-6)34-32-24-11-15-26(16-12-24)36(3)4/h7-20H,1-6H3/b33-31+,34-32+. The average molecular weight is 509 g/mol. The molecule has 4 aromatic carbocycles. The number of nitrogens with zero attached hydrogens (tertiary/aromatic N) is 6. The Morgan fingerprint density at radius 1 is 0.474 bits per heavy atom. The highest BCUT2D eigenvalue weighted by molar-refractivity contribution is 5.73. The van der Waals surface area contributed by atoms with Gasteiger partial charge < -0.3 is 19.3 Å². The Morgan fingerprint density at radius 3 is 1.16 bits per heavy atom. The number of rotatable bonds is 9. The Bertz CT molecular complexity index is 1320. The molecule has 0 spiro atoms. The number of methoxy groups -OCH3 is 2. The lowest BCUT2D eigenvalue weighted by Gasteiger charge is -2.12. The Hall–Kier alpha value is -4.72. The Kier molecular flexibility index (Phi) is 8.33. The van der Waals surface area contributed by atoms with E-state index >= 15 is 0 Å². The van der Waals surface area contributed by atoms with E-state index in [1.807, 2.05) is 123 Å². The van der Waals surface area contributed by atoms with Crippen LogP contribution in [-0.4, -0.2) is 42.4 Å². The number of ether oxygens (including phenoxy) is 2. The van der Waals surface area contributed by atoms with Crippen LogP contribution < -0.4 is 19.3 Å². The number of benzene rings is 4. The second kappa shape index (κ2) is 12.0. The van der Waals surface area contributed by atoms with Crippen LogP contribution in [0.4, 0.5) is 34.1 Å². The topological polar surface area (TPSA) is 74.4 Å². The minimum atomic E-state index is 0.625. The lowest BCUT2D eigenvalue weighted by atomic mass is 10.0. The van der Waals surface area contributed by atoms with Gasteiger partial charge in [-0.1, -0.05) is 12.1 Å². The lowest BCUT2D eigenvalue weighted by molar-refractivity contribution is 0.415. The van der Waals surface area contributed by atoms with Crippen LogP contribution >= 0.6 is 0 Å². The van der Waals surface area contributed by atoms with Gasteiger partial charge in [0.05, 0.1) is 25.6 Å². The lowest BCUT2D eigenvalue weighted by Crippen LogP contribution is -2.07. The smallest absolute Gasteiger partial charge is 0.146 e. The first kappa shape index (κ1) is 26.3. The SMILES string of the molecule is COc1cc(-c2ccc(/N=N/c3ccc(N(C)C)cc3)c(OC)c2)ccc1/N=N/c1ccc(N(C)C)cc1. The molecular formula is C30H32N6O2. The number of anilines is 2. The summed E-state index contributed by atoms with van der Waals surface area (Å²) in [7, 11) is 11.3. The molecule has 194 valence electrons. The first-order valence-corrected chi connectivity index (χ1v) is 12.1. The summed E-state index contributed by atoms with van der Waals surface area (Å²) in [6, 6.07) is 27.4. The minimum Gasteiger partial charge on any atom is -0.494 e. The molecule has 0 heterocycles. The molecule has 8 heteroatoms. The van der Waals surface area contributed by atoms with Crippen molar-refractivity contribution in [2.75, 3.05) is 52.2 Å². The maximum atomic E-state index is 5.61. The van der Waals surface area contributed by atoms with Crippen molar-refractivity contribution in [1.29, 1.82) is 0 Å². The van der Waals surface area contributed by atoms with E-state index in [0.717, 1.165) is 33.9 Å². The van der Waals surface area contributed by atoms with Gasteiger partial charge in [-0.2, -0.15) is 10.2 Å². The van der Waals surface area contributed by atoms with Crippen LogP contribution in [0.3, 0.4) is 0 Å². The highest BCUT2D eigenvalue weighted by atomic mass is 16.5. The van der Waals surface area contributed by atoms with Crippen LogP contribution in [0, 0.1) is 0 Å². The van der Waals surface area contributed by atoms with Crippen LogP contribution in [0.5, 0.6) is 11.5 Å². The Balaban J connectivity index is 1.54. The minimum absolute atomic E-state index is 0.625. The maximum Gasteiger partial charge on any atom is 0.146 e. The summed E-state index contributed by atoms with van der Waals surface area (Å²) in [4.78, 5) is 4.08. The van der Waals surface area contributed by atoms with Gasteiger partial charge in [-0.05, 0) is 83.9 Å². The van der Waals surface area contributed by atoms with Crippen molar-refractivity contribution in [2.45, 2.75) is 0 Å². The van der Waals surface area contributed by atoms with Gasteiger partial charge in [0.1, 0.15) is 22.9 Å². The highest BCUT2D eigenvalue weighted by Crippen LogP contribution is 2.38. The van der Waals surface area contributed by atoms with E-state index in [0.29, 0.717) is 22.9 Å². The summed E-state index contributed by atoms with van der Waals surface area (Å²) in [5.41, 5.74) is 6.94. The quantitative estimate of drug-likeness (QED) is 0.213. The van der Waals surface area contributed by atoms with E-state index in [4.69, 9.17) is 9.47 Å². The maximum absolute atomic E-state index is 5.61. The molecule has 0 unspecified atom stereocenters. The van der Waals surface area contributed by atoms with Gasteiger partial charge in [-0.15, -0.1) is 10.2 Å². The molecule has 0 saturated carbocycles. The predicted octanol–water partition coefficient (Wildman–Crippen LogP) is 8.33. The molecule has 0 bridgehead atoms. The zero-order valence-corrected chi connectivity index (χ0v) is 22.6. The van der Waals surface area contributed by atoms with Crippen LogP contribution in [0.1, 0.15) is 0 Å². The first-order chi connectivity index (χ1) is 18.4. The van der Waals surface area contributed by atoms with Gasteiger partial charge >= 0.3 is 0 Å². The monoisotopic (exact) mass is 508 g/mol. The fourth-order valence-corrected chi connectivity index (χ4v) is 3.74. The summed E-state index contributed by atoms with van der Waals surface area (Å²) in [6.45, 7) is 0.